The van der Waals surface area contributed by atoms with Crippen LogP contribution in [0.15, 0.2) is 60.3 Å². The summed E-state index contributed by atoms with van der Waals surface area (Å²) >= 11 is 0. The molecular formula is C22H21NO4. The van der Waals surface area contributed by atoms with E-state index in [1.807, 2.05) is 54.7 Å². The van der Waals surface area contributed by atoms with E-state index in [0.29, 0.717) is 23.5 Å². The van der Waals surface area contributed by atoms with Gasteiger partial charge >= 0.3 is 0 Å². The van der Waals surface area contributed by atoms with Gasteiger partial charge in [0.15, 0.2) is 5.78 Å². The largest absolute Gasteiger partial charge is 0.497 e. The van der Waals surface area contributed by atoms with Crippen molar-refractivity contribution in [2.45, 2.75) is 25.2 Å². The lowest BCUT2D eigenvalue weighted by Crippen LogP contribution is -2.55. The highest BCUT2D eigenvalue weighted by atomic mass is 16.5. The molecule has 0 bridgehead atoms. The third-order valence-electron chi connectivity index (χ3n) is 5.60. The van der Waals surface area contributed by atoms with Crippen LogP contribution >= 0.6 is 0 Å². The average Bonchev–Trinajstić information content (AvgIpc) is 2.74. The van der Waals surface area contributed by atoms with Crippen molar-refractivity contribution < 1.29 is 19.0 Å². The van der Waals surface area contributed by atoms with Gasteiger partial charge in [0.05, 0.1) is 18.2 Å². The molecular weight excluding hydrogens is 342 g/mol. The van der Waals surface area contributed by atoms with Crippen LogP contribution in [0.5, 0.6) is 11.5 Å². The van der Waals surface area contributed by atoms with Crippen LogP contribution in [0.3, 0.4) is 0 Å². The summed E-state index contributed by atoms with van der Waals surface area (Å²) in [5.74, 6) is 1.63. The summed E-state index contributed by atoms with van der Waals surface area (Å²) in [4.78, 5) is 15.2. The molecule has 0 aromatic heterocycles. The van der Waals surface area contributed by atoms with Crippen molar-refractivity contribution in [3.63, 3.8) is 0 Å². The molecule has 5 nitrogen and oxygen atoms in total. The highest BCUT2D eigenvalue weighted by Gasteiger charge is 2.47. The number of fused-ring (bicyclic) bond motifs is 4. The lowest BCUT2D eigenvalue weighted by molar-refractivity contribution is -0.0599. The number of carbonyl (C=O) groups is 1. The summed E-state index contributed by atoms with van der Waals surface area (Å²) in [7, 11) is 1.65. The van der Waals surface area contributed by atoms with Crippen LogP contribution in [-0.2, 0) is 4.74 Å². The van der Waals surface area contributed by atoms with Crippen LogP contribution in [0.4, 0.5) is 5.69 Å². The molecule has 0 saturated carbocycles. The van der Waals surface area contributed by atoms with Gasteiger partial charge in [-0.3, -0.25) is 4.79 Å². The average molecular weight is 363 g/mol. The molecule has 27 heavy (non-hydrogen) atoms. The van der Waals surface area contributed by atoms with Crippen molar-refractivity contribution in [3.8, 4) is 11.5 Å². The van der Waals surface area contributed by atoms with Gasteiger partial charge in [0, 0.05) is 24.4 Å². The van der Waals surface area contributed by atoms with Crippen molar-refractivity contribution in [1.29, 1.82) is 0 Å². The Kier molecular flexibility index (Phi) is 3.90. The fourth-order valence-electron chi connectivity index (χ4n) is 4.27. The maximum Gasteiger partial charge on any atom is 0.197 e. The number of carbonyl (C=O) groups excluding carboxylic acids is 1. The molecule has 0 aliphatic carbocycles. The zero-order chi connectivity index (χ0) is 18.4. The van der Waals surface area contributed by atoms with Crippen molar-refractivity contribution in [2.24, 2.45) is 5.92 Å². The third kappa shape index (κ3) is 2.61. The minimum absolute atomic E-state index is 0.0457. The monoisotopic (exact) mass is 363 g/mol. The fraction of sp³-hybridized carbons (Fsp3) is 0.318. The first kappa shape index (κ1) is 16.4. The van der Waals surface area contributed by atoms with Gasteiger partial charge < -0.3 is 19.1 Å². The molecule has 3 aliphatic rings. The Hall–Kier alpha value is -2.79. The van der Waals surface area contributed by atoms with Crippen molar-refractivity contribution in [3.05, 3.63) is 65.9 Å². The lowest BCUT2D eigenvalue weighted by Gasteiger charge is -2.47. The smallest absolute Gasteiger partial charge is 0.197 e. The zero-order valence-corrected chi connectivity index (χ0v) is 15.1. The highest BCUT2D eigenvalue weighted by molar-refractivity contribution is 6.12. The Morgan fingerprint density at radius 2 is 1.93 bits per heavy atom. The van der Waals surface area contributed by atoms with Crippen molar-refractivity contribution in [1.82, 2.24) is 0 Å². The molecule has 5 heteroatoms. The Morgan fingerprint density at radius 3 is 2.74 bits per heavy atom. The van der Waals surface area contributed by atoms with E-state index in [1.54, 1.807) is 7.11 Å². The molecule has 1 fully saturated rings. The molecule has 2 aromatic rings. The molecule has 0 unspecified atom stereocenters. The van der Waals surface area contributed by atoms with Crippen LogP contribution < -0.4 is 14.4 Å². The normalized spacial score (nSPS) is 26.3. The van der Waals surface area contributed by atoms with Crippen LogP contribution in [0, 0.1) is 5.92 Å². The molecule has 3 atom stereocenters. The first-order valence-corrected chi connectivity index (χ1v) is 9.32. The maximum absolute atomic E-state index is 13.2. The molecule has 0 N–H and O–H groups in total. The second-order valence-electron chi connectivity index (χ2n) is 7.12. The second kappa shape index (κ2) is 6.43. The number of rotatable bonds is 2. The van der Waals surface area contributed by atoms with Crippen LogP contribution in [0.2, 0.25) is 0 Å². The summed E-state index contributed by atoms with van der Waals surface area (Å²) in [5.41, 5.74) is 2.31. The van der Waals surface area contributed by atoms with Gasteiger partial charge in [0.25, 0.3) is 0 Å². The quantitative estimate of drug-likeness (QED) is 0.812. The van der Waals surface area contributed by atoms with E-state index in [9.17, 15) is 4.79 Å². The number of hydrogen-bond donors (Lipinski definition) is 0. The zero-order valence-electron chi connectivity index (χ0n) is 15.1. The summed E-state index contributed by atoms with van der Waals surface area (Å²) in [6, 6.07) is 15.3. The van der Waals surface area contributed by atoms with E-state index >= 15 is 0 Å². The first-order valence-electron chi connectivity index (χ1n) is 9.32. The molecule has 1 saturated heterocycles. The van der Waals surface area contributed by atoms with E-state index in [-0.39, 0.29) is 24.0 Å². The summed E-state index contributed by atoms with van der Waals surface area (Å²) in [5, 5.41) is 0. The van der Waals surface area contributed by atoms with E-state index in [1.165, 1.54) is 0 Å². The van der Waals surface area contributed by atoms with E-state index in [4.69, 9.17) is 14.2 Å². The number of methoxy groups -OCH3 is 1. The van der Waals surface area contributed by atoms with Gasteiger partial charge in [-0.25, -0.2) is 0 Å². The molecule has 3 aliphatic heterocycles. The number of benzene rings is 2. The number of Topliss-reactive ketones (excluding diaryl/α,β-unsaturated/α-hetero) is 1. The van der Waals surface area contributed by atoms with Crippen molar-refractivity contribution in [2.75, 3.05) is 18.6 Å². The molecule has 5 rings (SSSR count). The van der Waals surface area contributed by atoms with Crippen LogP contribution in [0.25, 0.3) is 0 Å². The number of nitrogens with zero attached hydrogens (tertiary/aromatic N) is 1. The Balaban J connectivity index is 1.60. The third-order valence-corrected chi connectivity index (χ3v) is 5.60. The van der Waals surface area contributed by atoms with E-state index in [2.05, 4.69) is 4.90 Å². The summed E-state index contributed by atoms with van der Waals surface area (Å²) in [6.45, 7) is 0.717. The standard InChI is InChI=1S/C22H21NO4/c1-25-15-10-8-14(9-11-15)23-13-18-20(24)16-5-2-3-7-19(16)27-21(18)17-6-4-12-26-22(17)23/h2-3,5,7-11,13,17,21-22H,4,6,12H2,1H3/t17-,21+,22-/m0/s1. The number of para-hydroxylation sites is 1. The SMILES string of the molecule is COc1ccc(N2C=C3C(=O)c4ccccc4O[C@@H]3[C@@H]3CCCO[C@@H]32)cc1. The Morgan fingerprint density at radius 1 is 1.11 bits per heavy atom. The molecule has 2 aromatic carbocycles. The van der Waals surface area contributed by atoms with Gasteiger partial charge in [-0.2, -0.15) is 0 Å². The van der Waals surface area contributed by atoms with E-state index in [0.717, 1.165) is 24.3 Å². The minimum Gasteiger partial charge on any atom is -0.497 e. The van der Waals surface area contributed by atoms with Gasteiger partial charge in [-0.1, -0.05) is 12.1 Å². The fourth-order valence-corrected chi connectivity index (χ4v) is 4.27. The van der Waals surface area contributed by atoms with E-state index < -0.39 is 0 Å². The molecule has 138 valence electrons. The predicted octanol–water partition coefficient (Wildman–Crippen LogP) is 3.80. The number of ketones is 1. The second-order valence-corrected chi connectivity index (χ2v) is 7.12. The number of ether oxygens (including phenoxy) is 3. The van der Waals surface area contributed by atoms with Crippen LogP contribution in [0.1, 0.15) is 23.2 Å². The van der Waals surface area contributed by atoms with Gasteiger partial charge in [0.1, 0.15) is 23.8 Å². The predicted molar refractivity (Wildman–Crippen MR) is 101 cm³/mol. The maximum atomic E-state index is 13.2. The number of hydrogen-bond acceptors (Lipinski definition) is 5. The van der Waals surface area contributed by atoms with Gasteiger partial charge in [-0.05, 0) is 49.2 Å². The summed E-state index contributed by atoms with van der Waals surface area (Å²) in [6.07, 6.45) is 3.46. The minimum atomic E-state index is -0.257. The molecule has 0 amide bonds. The van der Waals surface area contributed by atoms with Gasteiger partial charge in [0.2, 0.25) is 0 Å². The Bertz CT molecular complexity index is 905. The Labute approximate surface area is 158 Å². The van der Waals surface area contributed by atoms with Gasteiger partial charge in [-0.15, -0.1) is 0 Å². The molecule has 3 heterocycles. The lowest BCUT2D eigenvalue weighted by atomic mass is 9.81. The van der Waals surface area contributed by atoms with Crippen molar-refractivity contribution >= 4 is 11.5 Å². The first-order chi connectivity index (χ1) is 13.3. The molecule has 0 spiro atoms. The highest BCUT2D eigenvalue weighted by Crippen LogP contribution is 2.43. The molecule has 0 radical (unpaired) electrons. The number of anilines is 1. The topological polar surface area (TPSA) is 48.0 Å². The summed E-state index contributed by atoms with van der Waals surface area (Å²) < 4.78 is 17.7. The van der Waals surface area contributed by atoms with Crippen LogP contribution in [-0.4, -0.2) is 31.8 Å².